The van der Waals surface area contributed by atoms with Crippen molar-refractivity contribution in [2.75, 3.05) is 30.9 Å². The number of thiophene rings is 1. The molecule has 1 heterocycles. The number of hydrogen-bond donors (Lipinski definition) is 1. The zero-order valence-electron chi connectivity index (χ0n) is 16.2. The van der Waals surface area contributed by atoms with Crippen LogP contribution in [-0.2, 0) is 22.4 Å². The minimum Gasteiger partial charge on any atom is -0.452 e. The molecule has 3 rings (SSSR count). The van der Waals surface area contributed by atoms with E-state index in [1.165, 1.54) is 16.2 Å². The van der Waals surface area contributed by atoms with Gasteiger partial charge in [0.2, 0.25) is 0 Å². The molecule has 1 aliphatic carbocycles. The summed E-state index contributed by atoms with van der Waals surface area (Å²) in [5.41, 5.74) is 2.95. The van der Waals surface area contributed by atoms with E-state index < -0.39 is 18.5 Å². The second kappa shape index (κ2) is 8.44. The standard InChI is InChI=1S/C21H23N3O3S/c1-13-4-9-16-17(11-22)20(28-18(16)10-13)23-19(25)12-27-21(26)14-5-7-15(8-6-14)24(2)3/h5-8,13H,4,9-10,12H2,1-3H3,(H,23,25)/t13-/m1/s1. The monoisotopic (exact) mass is 397 g/mol. The van der Waals surface area contributed by atoms with Crippen LogP contribution in [-0.4, -0.2) is 32.6 Å². The average molecular weight is 398 g/mol. The number of nitriles is 1. The number of fused-ring (bicyclic) bond motifs is 1. The fraction of sp³-hybridized carbons (Fsp3) is 0.381. The van der Waals surface area contributed by atoms with Gasteiger partial charge in [-0.05, 0) is 55.0 Å². The lowest BCUT2D eigenvalue weighted by Crippen LogP contribution is -2.21. The number of nitrogens with zero attached hydrogens (tertiary/aromatic N) is 2. The summed E-state index contributed by atoms with van der Waals surface area (Å²) in [6, 6.07) is 9.17. The molecule has 0 saturated carbocycles. The SMILES string of the molecule is C[C@@H]1CCc2c(sc(NC(=O)COC(=O)c3ccc(N(C)C)cc3)c2C#N)C1. The van der Waals surface area contributed by atoms with Gasteiger partial charge in [0.05, 0.1) is 11.1 Å². The third kappa shape index (κ3) is 4.34. The van der Waals surface area contributed by atoms with Crippen LogP contribution in [0.5, 0.6) is 0 Å². The Hall–Kier alpha value is -2.85. The summed E-state index contributed by atoms with van der Waals surface area (Å²) in [4.78, 5) is 27.5. The van der Waals surface area contributed by atoms with Gasteiger partial charge in [-0.2, -0.15) is 5.26 Å². The highest BCUT2D eigenvalue weighted by Gasteiger charge is 2.24. The Morgan fingerprint density at radius 2 is 2.04 bits per heavy atom. The number of nitrogens with one attached hydrogen (secondary N) is 1. The molecule has 0 bridgehead atoms. The molecule has 0 fully saturated rings. The molecule has 6 nitrogen and oxygen atoms in total. The van der Waals surface area contributed by atoms with Crippen molar-refractivity contribution in [2.24, 2.45) is 5.92 Å². The number of carbonyl (C=O) groups is 2. The van der Waals surface area contributed by atoms with E-state index in [-0.39, 0.29) is 0 Å². The van der Waals surface area contributed by atoms with E-state index >= 15 is 0 Å². The van der Waals surface area contributed by atoms with Crippen LogP contribution in [0.1, 0.15) is 39.7 Å². The Bertz CT molecular complexity index is 926. The fourth-order valence-electron chi connectivity index (χ4n) is 3.23. The number of hydrogen-bond acceptors (Lipinski definition) is 6. The summed E-state index contributed by atoms with van der Waals surface area (Å²) in [6.07, 6.45) is 2.85. The van der Waals surface area contributed by atoms with E-state index in [4.69, 9.17) is 4.74 Å². The van der Waals surface area contributed by atoms with Gasteiger partial charge >= 0.3 is 5.97 Å². The van der Waals surface area contributed by atoms with Gasteiger partial charge < -0.3 is 15.0 Å². The molecule has 1 amide bonds. The smallest absolute Gasteiger partial charge is 0.338 e. The van der Waals surface area contributed by atoms with Crippen LogP contribution in [0, 0.1) is 17.2 Å². The van der Waals surface area contributed by atoms with Crippen molar-refractivity contribution < 1.29 is 14.3 Å². The molecule has 1 atom stereocenters. The number of anilines is 2. The van der Waals surface area contributed by atoms with Crippen molar-refractivity contribution in [2.45, 2.75) is 26.2 Å². The molecule has 0 radical (unpaired) electrons. The molecule has 28 heavy (non-hydrogen) atoms. The molecular weight excluding hydrogens is 374 g/mol. The summed E-state index contributed by atoms with van der Waals surface area (Å²) in [7, 11) is 3.83. The number of ether oxygens (including phenoxy) is 1. The minimum absolute atomic E-state index is 0.386. The Balaban J connectivity index is 1.60. The van der Waals surface area contributed by atoms with Crippen molar-refractivity contribution in [3.05, 3.63) is 45.8 Å². The normalized spacial score (nSPS) is 15.3. The number of esters is 1. The van der Waals surface area contributed by atoms with E-state index in [2.05, 4.69) is 18.3 Å². The van der Waals surface area contributed by atoms with Crippen LogP contribution in [0.15, 0.2) is 24.3 Å². The molecule has 0 saturated heterocycles. The zero-order chi connectivity index (χ0) is 20.3. The van der Waals surface area contributed by atoms with E-state index in [9.17, 15) is 14.9 Å². The first-order valence-electron chi connectivity index (χ1n) is 9.18. The summed E-state index contributed by atoms with van der Waals surface area (Å²) in [5, 5.41) is 12.8. The maximum atomic E-state index is 12.2. The molecule has 146 valence electrons. The summed E-state index contributed by atoms with van der Waals surface area (Å²) >= 11 is 1.45. The van der Waals surface area contributed by atoms with Gasteiger partial charge in [0.25, 0.3) is 5.91 Å². The molecule has 1 aliphatic rings. The Labute approximate surface area is 168 Å². The van der Waals surface area contributed by atoms with Gasteiger partial charge in [-0.25, -0.2) is 4.79 Å². The zero-order valence-corrected chi connectivity index (χ0v) is 17.1. The number of benzene rings is 1. The van der Waals surface area contributed by atoms with Crippen LogP contribution < -0.4 is 10.2 Å². The average Bonchev–Trinajstić information content (AvgIpc) is 3.01. The first-order valence-corrected chi connectivity index (χ1v) is 9.99. The van der Waals surface area contributed by atoms with Crippen LogP contribution in [0.2, 0.25) is 0 Å². The van der Waals surface area contributed by atoms with Gasteiger partial charge in [0.15, 0.2) is 6.61 Å². The summed E-state index contributed by atoms with van der Waals surface area (Å²) in [5.74, 6) is -0.414. The van der Waals surface area contributed by atoms with E-state index in [1.807, 2.05) is 31.1 Å². The lowest BCUT2D eigenvalue weighted by molar-refractivity contribution is -0.119. The topological polar surface area (TPSA) is 82.4 Å². The van der Waals surface area contributed by atoms with Gasteiger partial charge in [0.1, 0.15) is 11.1 Å². The summed E-state index contributed by atoms with van der Waals surface area (Å²) in [6.45, 7) is 1.80. The van der Waals surface area contributed by atoms with E-state index in [0.717, 1.165) is 30.5 Å². The highest BCUT2D eigenvalue weighted by Crippen LogP contribution is 2.39. The number of amides is 1. The van der Waals surface area contributed by atoms with Crippen LogP contribution >= 0.6 is 11.3 Å². The lowest BCUT2D eigenvalue weighted by atomic mass is 9.89. The van der Waals surface area contributed by atoms with Crippen LogP contribution in [0.4, 0.5) is 10.7 Å². The third-order valence-electron chi connectivity index (χ3n) is 4.83. The van der Waals surface area contributed by atoms with Gasteiger partial charge in [0, 0.05) is 24.7 Å². The van der Waals surface area contributed by atoms with Crippen molar-refractivity contribution in [1.29, 1.82) is 5.26 Å². The van der Waals surface area contributed by atoms with Crippen molar-refractivity contribution >= 4 is 33.9 Å². The quantitative estimate of drug-likeness (QED) is 0.780. The van der Waals surface area contributed by atoms with E-state index in [1.54, 1.807) is 12.1 Å². The predicted molar refractivity (Wildman–Crippen MR) is 110 cm³/mol. The fourth-order valence-corrected chi connectivity index (χ4v) is 4.61. The van der Waals surface area contributed by atoms with Crippen LogP contribution in [0.25, 0.3) is 0 Å². The van der Waals surface area contributed by atoms with Gasteiger partial charge in [-0.15, -0.1) is 11.3 Å². The molecule has 0 spiro atoms. The van der Waals surface area contributed by atoms with Gasteiger partial charge in [-0.1, -0.05) is 6.92 Å². The molecular formula is C21H23N3O3S. The van der Waals surface area contributed by atoms with Crippen molar-refractivity contribution in [1.82, 2.24) is 0 Å². The lowest BCUT2D eigenvalue weighted by Gasteiger charge is -2.17. The molecule has 0 aliphatic heterocycles. The molecule has 1 aromatic carbocycles. The molecule has 1 aromatic heterocycles. The Morgan fingerprint density at radius 3 is 2.68 bits per heavy atom. The second-order valence-corrected chi connectivity index (χ2v) is 8.34. The molecule has 7 heteroatoms. The maximum absolute atomic E-state index is 12.2. The highest BCUT2D eigenvalue weighted by molar-refractivity contribution is 7.16. The van der Waals surface area contributed by atoms with E-state index in [0.29, 0.717) is 22.0 Å². The van der Waals surface area contributed by atoms with Gasteiger partial charge in [-0.3, -0.25) is 4.79 Å². The number of rotatable bonds is 5. The number of carbonyl (C=O) groups excluding carboxylic acids is 2. The largest absolute Gasteiger partial charge is 0.452 e. The second-order valence-electron chi connectivity index (χ2n) is 7.23. The molecule has 1 N–H and O–H groups in total. The maximum Gasteiger partial charge on any atom is 0.338 e. The molecule has 2 aromatic rings. The van der Waals surface area contributed by atoms with Crippen molar-refractivity contribution in [3.63, 3.8) is 0 Å². The first-order chi connectivity index (χ1) is 13.4. The highest BCUT2D eigenvalue weighted by atomic mass is 32.1. The van der Waals surface area contributed by atoms with Crippen molar-refractivity contribution in [3.8, 4) is 6.07 Å². The molecule has 0 unspecified atom stereocenters. The first kappa shape index (κ1) is 19.9. The Kier molecular flexibility index (Phi) is 6.00. The Morgan fingerprint density at radius 1 is 1.32 bits per heavy atom. The summed E-state index contributed by atoms with van der Waals surface area (Å²) < 4.78 is 5.11. The van der Waals surface area contributed by atoms with Crippen LogP contribution in [0.3, 0.4) is 0 Å². The third-order valence-corrected chi connectivity index (χ3v) is 6.00. The minimum atomic E-state index is -0.555. The predicted octanol–water partition coefficient (Wildman–Crippen LogP) is 3.61.